The molecule has 0 bridgehead atoms. The molecule has 104 valence electrons. The van der Waals surface area contributed by atoms with E-state index in [-0.39, 0.29) is 0 Å². The standard InChI is InChI=1S/C15H22N2OS/c1-2-5-15-14(4-1)17(8-3-10-18-15)9-6-13-12-19-11-7-16-13/h1-2,4-5,13,16H,3,6-12H2. The summed E-state index contributed by atoms with van der Waals surface area (Å²) in [6, 6.07) is 9.11. The highest BCUT2D eigenvalue weighted by molar-refractivity contribution is 7.99. The molecule has 0 saturated carbocycles. The number of nitrogens with zero attached hydrogens (tertiary/aromatic N) is 1. The highest BCUT2D eigenvalue weighted by Crippen LogP contribution is 2.30. The molecule has 0 aromatic heterocycles. The van der Waals surface area contributed by atoms with E-state index in [1.807, 2.05) is 0 Å². The molecule has 0 spiro atoms. The molecular formula is C15H22N2OS. The van der Waals surface area contributed by atoms with Crippen molar-refractivity contribution in [1.29, 1.82) is 0 Å². The summed E-state index contributed by atoms with van der Waals surface area (Å²) in [5.74, 6) is 3.56. The zero-order valence-corrected chi connectivity index (χ0v) is 12.1. The molecule has 1 aromatic rings. The molecule has 0 amide bonds. The monoisotopic (exact) mass is 278 g/mol. The van der Waals surface area contributed by atoms with Gasteiger partial charge in [0, 0.05) is 37.2 Å². The predicted molar refractivity (Wildman–Crippen MR) is 82.5 cm³/mol. The van der Waals surface area contributed by atoms with Gasteiger partial charge in [-0.1, -0.05) is 12.1 Å². The zero-order chi connectivity index (χ0) is 12.9. The Morgan fingerprint density at radius 2 is 2.32 bits per heavy atom. The number of ether oxygens (including phenoxy) is 1. The predicted octanol–water partition coefficient (Wildman–Crippen LogP) is 2.37. The molecule has 1 aromatic carbocycles. The number of benzene rings is 1. The minimum atomic E-state index is 0.676. The van der Waals surface area contributed by atoms with Crippen LogP contribution >= 0.6 is 11.8 Å². The van der Waals surface area contributed by atoms with Crippen molar-refractivity contribution in [3.8, 4) is 5.75 Å². The summed E-state index contributed by atoms with van der Waals surface area (Å²) in [5, 5.41) is 3.62. The molecule has 1 N–H and O–H groups in total. The van der Waals surface area contributed by atoms with Crippen molar-refractivity contribution < 1.29 is 4.74 Å². The summed E-state index contributed by atoms with van der Waals surface area (Å²) in [6.45, 7) is 4.23. The molecule has 1 fully saturated rings. The quantitative estimate of drug-likeness (QED) is 0.917. The number of thioether (sulfide) groups is 1. The number of para-hydroxylation sites is 2. The number of hydrogen-bond donors (Lipinski definition) is 1. The van der Waals surface area contributed by atoms with Crippen LogP contribution in [-0.4, -0.2) is 43.8 Å². The Balaban J connectivity index is 1.63. The summed E-state index contributed by atoms with van der Waals surface area (Å²) >= 11 is 2.07. The van der Waals surface area contributed by atoms with E-state index >= 15 is 0 Å². The lowest BCUT2D eigenvalue weighted by atomic mass is 10.2. The Bertz CT molecular complexity index is 407. The highest BCUT2D eigenvalue weighted by Gasteiger charge is 2.18. The maximum atomic E-state index is 5.81. The maximum Gasteiger partial charge on any atom is 0.142 e. The summed E-state index contributed by atoms with van der Waals surface area (Å²) in [4.78, 5) is 2.49. The Morgan fingerprint density at radius 1 is 1.37 bits per heavy atom. The second kappa shape index (κ2) is 6.53. The minimum absolute atomic E-state index is 0.676. The molecule has 2 aliphatic rings. The molecule has 2 heterocycles. The lowest BCUT2D eigenvalue weighted by Crippen LogP contribution is -2.40. The Morgan fingerprint density at radius 3 is 3.21 bits per heavy atom. The fourth-order valence-corrected chi connectivity index (χ4v) is 3.75. The van der Waals surface area contributed by atoms with E-state index in [4.69, 9.17) is 4.74 Å². The van der Waals surface area contributed by atoms with Gasteiger partial charge in [-0.3, -0.25) is 0 Å². The van der Waals surface area contributed by atoms with Crippen LogP contribution < -0.4 is 15.0 Å². The van der Waals surface area contributed by atoms with Crippen LogP contribution in [0.1, 0.15) is 12.8 Å². The average Bonchev–Trinajstić information content (AvgIpc) is 2.68. The summed E-state index contributed by atoms with van der Waals surface area (Å²) in [5.41, 5.74) is 1.27. The fourth-order valence-electron chi connectivity index (χ4n) is 2.75. The van der Waals surface area contributed by atoms with Crippen molar-refractivity contribution in [2.75, 3.05) is 42.6 Å². The summed E-state index contributed by atoms with van der Waals surface area (Å²) in [6.07, 6.45) is 2.34. The number of hydrogen-bond acceptors (Lipinski definition) is 4. The maximum absolute atomic E-state index is 5.81. The van der Waals surface area contributed by atoms with Crippen molar-refractivity contribution in [2.45, 2.75) is 18.9 Å². The van der Waals surface area contributed by atoms with Crippen molar-refractivity contribution in [3.63, 3.8) is 0 Å². The highest BCUT2D eigenvalue weighted by atomic mass is 32.2. The Labute approximate surface area is 119 Å². The van der Waals surface area contributed by atoms with E-state index in [9.17, 15) is 0 Å². The molecule has 4 heteroatoms. The van der Waals surface area contributed by atoms with Gasteiger partial charge in [-0.15, -0.1) is 0 Å². The first-order chi connectivity index (χ1) is 9.43. The second-order valence-electron chi connectivity index (χ2n) is 5.17. The number of nitrogens with one attached hydrogen (secondary N) is 1. The first-order valence-electron chi connectivity index (χ1n) is 7.21. The fraction of sp³-hybridized carbons (Fsp3) is 0.600. The van der Waals surface area contributed by atoms with Crippen molar-refractivity contribution >= 4 is 17.4 Å². The van der Waals surface area contributed by atoms with Crippen molar-refractivity contribution in [1.82, 2.24) is 5.32 Å². The van der Waals surface area contributed by atoms with E-state index < -0.39 is 0 Å². The SMILES string of the molecule is c1ccc2c(c1)OCCCN2CCC1CSCCN1. The smallest absolute Gasteiger partial charge is 0.142 e. The van der Waals surface area contributed by atoms with Crippen LogP contribution in [0, 0.1) is 0 Å². The molecule has 0 radical (unpaired) electrons. The molecule has 3 nitrogen and oxygen atoms in total. The third-order valence-electron chi connectivity index (χ3n) is 3.78. The van der Waals surface area contributed by atoms with Gasteiger partial charge in [-0.2, -0.15) is 11.8 Å². The summed E-state index contributed by atoms with van der Waals surface area (Å²) < 4.78 is 5.81. The van der Waals surface area contributed by atoms with Gasteiger partial charge in [0.15, 0.2) is 0 Å². The molecule has 1 atom stereocenters. The van der Waals surface area contributed by atoms with E-state index in [1.165, 1.54) is 23.6 Å². The van der Waals surface area contributed by atoms with Gasteiger partial charge in [0.2, 0.25) is 0 Å². The number of anilines is 1. The van der Waals surface area contributed by atoms with Crippen LogP contribution in [0.4, 0.5) is 5.69 Å². The third kappa shape index (κ3) is 3.37. The van der Waals surface area contributed by atoms with Gasteiger partial charge < -0.3 is 15.0 Å². The lowest BCUT2D eigenvalue weighted by molar-refractivity contribution is 0.322. The first kappa shape index (κ1) is 13.1. The average molecular weight is 278 g/mol. The van der Waals surface area contributed by atoms with Crippen molar-refractivity contribution in [3.05, 3.63) is 24.3 Å². The van der Waals surface area contributed by atoms with E-state index in [0.717, 1.165) is 38.4 Å². The molecule has 0 aliphatic carbocycles. The zero-order valence-electron chi connectivity index (χ0n) is 11.3. The van der Waals surface area contributed by atoms with Gasteiger partial charge in [-0.25, -0.2) is 0 Å². The van der Waals surface area contributed by atoms with Crippen LogP contribution in [-0.2, 0) is 0 Å². The van der Waals surface area contributed by atoms with Crippen LogP contribution in [0.5, 0.6) is 5.75 Å². The topological polar surface area (TPSA) is 24.5 Å². The van der Waals surface area contributed by atoms with Gasteiger partial charge in [-0.05, 0) is 25.0 Å². The Kier molecular flexibility index (Phi) is 4.51. The molecule has 1 saturated heterocycles. The van der Waals surface area contributed by atoms with Gasteiger partial charge >= 0.3 is 0 Å². The number of rotatable bonds is 3. The van der Waals surface area contributed by atoms with E-state index in [0.29, 0.717) is 6.04 Å². The summed E-state index contributed by atoms with van der Waals surface area (Å²) in [7, 11) is 0. The molecule has 19 heavy (non-hydrogen) atoms. The largest absolute Gasteiger partial charge is 0.491 e. The van der Waals surface area contributed by atoms with Crippen LogP contribution in [0.25, 0.3) is 0 Å². The van der Waals surface area contributed by atoms with Crippen LogP contribution in [0.2, 0.25) is 0 Å². The van der Waals surface area contributed by atoms with Gasteiger partial charge in [0.25, 0.3) is 0 Å². The number of fused-ring (bicyclic) bond motifs is 1. The molecule has 3 rings (SSSR count). The van der Waals surface area contributed by atoms with Crippen LogP contribution in [0.3, 0.4) is 0 Å². The minimum Gasteiger partial charge on any atom is -0.491 e. The van der Waals surface area contributed by atoms with Gasteiger partial charge in [0.05, 0.1) is 12.3 Å². The Hall–Kier alpha value is -0.870. The molecule has 1 unspecified atom stereocenters. The lowest BCUT2D eigenvalue weighted by Gasteiger charge is -2.28. The second-order valence-corrected chi connectivity index (χ2v) is 6.32. The van der Waals surface area contributed by atoms with Gasteiger partial charge in [0.1, 0.15) is 5.75 Å². The first-order valence-corrected chi connectivity index (χ1v) is 8.37. The van der Waals surface area contributed by atoms with Crippen molar-refractivity contribution in [2.24, 2.45) is 0 Å². The van der Waals surface area contributed by atoms with E-state index in [1.54, 1.807) is 0 Å². The molecular weight excluding hydrogens is 256 g/mol. The third-order valence-corrected chi connectivity index (χ3v) is 4.91. The normalized spacial score (nSPS) is 23.4. The van der Waals surface area contributed by atoms with E-state index in [2.05, 4.69) is 46.2 Å². The molecule has 2 aliphatic heterocycles. The van der Waals surface area contributed by atoms with Crippen LogP contribution in [0.15, 0.2) is 24.3 Å².